The van der Waals surface area contributed by atoms with E-state index in [4.69, 9.17) is 14.2 Å². The van der Waals surface area contributed by atoms with Crippen LogP contribution < -0.4 is 19.5 Å². The molecule has 0 spiro atoms. The van der Waals surface area contributed by atoms with Crippen molar-refractivity contribution in [2.24, 2.45) is 0 Å². The van der Waals surface area contributed by atoms with E-state index in [1.165, 1.54) is 6.07 Å². The number of carbonyl (C=O) groups is 3. The van der Waals surface area contributed by atoms with Crippen LogP contribution in [0.2, 0.25) is 0 Å². The number of imide groups is 1. The molecule has 2 amide bonds. The molecule has 38 heavy (non-hydrogen) atoms. The number of aldehydes is 1. The van der Waals surface area contributed by atoms with Crippen molar-refractivity contribution in [2.75, 3.05) is 11.9 Å². The van der Waals surface area contributed by atoms with Crippen molar-refractivity contribution in [1.29, 1.82) is 0 Å². The number of halogens is 1. The highest BCUT2D eigenvalue weighted by atomic mass is 19.1. The van der Waals surface area contributed by atoms with Crippen LogP contribution in [0.1, 0.15) is 29.8 Å². The Labute approximate surface area is 216 Å². The van der Waals surface area contributed by atoms with Gasteiger partial charge in [0.1, 0.15) is 12.4 Å². The lowest BCUT2D eigenvalue weighted by atomic mass is 10.1. The maximum Gasteiger partial charge on any atom is 0.254 e. The number of ether oxygens (including phenoxy) is 3. The number of aromatic nitrogens is 3. The first-order chi connectivity index (χ1) is 18.2. The molecule has 2 aliphatic rings. The Morgan fingerprint density at radius 3 is 2.55 bits per heavy atom. The first-order valence-corrected chi connectivity index (χ1v) is 11.8. The molecule has 1 atom stereocenters. The molecule has 2 aromatic carbocycles. The molecule has 0 bridgehead atoms. The van der Waals surface area contributed by atoms with Crippen LogP contribution in [0.5, 0.6) is 17.2 Å². The van der Waals surface area contributed by atoms with E-state index in [0.717, 1.165) is 33.5 Å². The monoisotopic (exact) mass is 521 g/mol. The number of nitrogens with zero attached hydrogens (tertiary/aromatic N) is 4. The van der Waals surface area contributed by atoms with Crippen LogP contribution in [-0.2, 0) is 22.7 Å². The molecule has 0 aliphatic carbocycles. The van der Waals surface area contributed by atoms with Crippen molar-refractivity contribution in [1.82, 2.24) is 19.9 Å². The van der Waals surface area contributed by atoms with Gasteiger partial charge in [0.05, 0.1) is 30.0 Å². The van der Waals surface area contributed by atoms with E-state index in [9.17, 15) is 18.8 Å². The van der Waals surface area contributed by atoms with Crippen LogP contribution >= 0.6 is 0 Å². The zero-order valence-electron chi connectivity index (χ0n) is 20.6. The topological polar surface area (TPSA) is 125 Å². The number of hydrogen-bond acceptors (Lipinski definition) is 9. The fraction of sp³-hybridized carbons (Fsp3) is 0.269. The van der Waals surface area contributed by atoms with E-state index in [1.54, 1.807) is 13.8 Å². The van der Waals surface area contributed by atoms with Crippen molar-refractivity contribution in [3.05, 3.63) is 71.8 Å². The van der Waals surface area contributed by atoms with Crippen LogP contribution in [0.3, 0.4) is 0 Å². The van der Waals surface area contributed by atoms with E-state index in [2.05, 4.69) is 15.6 Å². The third kappa shape index (κ3) is 5.05. The van der Waals surface area contributed by atoms with Gasteiger partial charge in [-0.25, -0.2) is 4.68 Å². The summed E-state index contributed by atoms with van der Waals surface area (Å²) >= 11 is 0. The molecule has 1 aromatic heterocycles. The largest absolute Gasteiger partial charge is 0.490 e. The summed E-state index contributed by atoms with van der Waals surface area (Å²) in [4.78, 5) is 38.1. The molecule has 0 radical (unpaired) electrons. The summed E-state index contributed by atoms with van der Waals surface area (Å²) in [5.74, 6) is -2.01. The first kappa shape index (κ1) is 24.9. The molecular formula is C26H24FN5O6. The first-order valence-electron chi connectivity index (χ1n) is 11.8. The van der Waals surface area contributed by atoms with Crippen LogP contribution in [0.25, 0.3) is 0 Å². The molecule has 1 unspecified atom stereocenters. The summed E-state index contributed by atoms with van der Waals surface area (Å²) in [5.41, 5.74) is 1.52. The highest BCUT2D eigenvalue weighted by Gasteiger charge is 2.37. The number of hydrogen-bond donors (Lipinski definition) is 1. The standard InChI is InChI=1S/C26H24FN5O6/c1-26(2)37-20-10-19(18(14-33)24(25(20)38-26)28-11-16-6-4-3-5-7-16)36-15-17(12-31-13-21(27)29-30-31)32-22(34)8-9-23(32)35/h3-10,13-14,17,28H,11-12,15H2,1-2H3. The molecule has 0 fully saturated rings. The lowest BCUT2D eigenvalue weighted by Gasteiger charge is -2.26. The van der Waals surface area contributed by atoms with Crippen LogP contribution in [0.15, 0.2) is 54.7 Å². The third-order valence-electron chi connectivity index (χ3n) is 5.93. The molecule has 3 heterocycles. The maximum atomic E-state index is 13.4. The Morgan fingerprint density at radius 1 is 1.16 bits per heavy atom. The summed E-state index contributed by atoms with van der Waals surface area (Å²) in [6.45, 7) is 3.57. The Balaban J connectivity index is 1.45. The minimum absolute atomic E-state index is 0.0802. The number of nitrogens with one attached hydrogen (secondary N) is 1. The van der Waals surface area contributed by atoms with Gasteiger partial charge in [0, 0.05) is 38.6 Å². The van der Waals surface area contributed by atoms with Gasteiger partial charge in [-0.05, 0) is 5.56 Å². The zero-order valence-corrected chi connectivity index (χ0v) is 20.6. The van der Waals surface area contributed by atoms with Gasteiger partial charge in [0.2, 0.25) is 5.79 Å². The van der Waals surface area contributed by atoms with Gasteiger partial charge >= 0.3 is 0 Å². The quantitative estimate of drug-likeness (QED) is 0.317. The number of anilines is 1. The molecule has 0 saturated carbocycles. The molecule has 1 N–H and O–H groups in total. The lowest BCUT2D eigenvalue weighted by molar-refractivity contribution is -0.140. The minimum atomic E-state index is -0.982. The lowest BCUT2D eigenvalue weighted by Crippen LogP contribution is -2.46. The van der Waals surface area contributed by atoms with Gasteiger partial charge in [0.15, 0.2) is 17.8 Å². The van der Waals surface area contributed by atoms with E-state index in [0.29, 0.717) is 30.0 Å². The highest BCUT2D eigenvalue weighted by Crippen LogP contribution is 2.49. The Hall–Kier alpha value is -4.74. The van der Waals surface area contributed by atoms with Crippen molar-refractivity contribution in [3.63, 3.8) is 0 Å². The summed E-state index contributed by atoms with van der Waals surface area (Å²) in [7, 11) is 0. The fourth-order valence-electron chi connectivity index (χ4n) is 4.28. The van der Waals surface area contributed by atoms with Crippen molar-refractivity contribution in [3.8, 4) is 17.2 Å². The zero-order chi connectivity index (χ0) is 26.9. The van der Waals surface area contributed by atoms with E-state index in [-0.39, 0.29) is 24.5 Å². The normalized spacial score (nSPS) is 16.1. The number of fused-ring (bicyclic) bond motifs is 1. The summed E-state index contributed by atoms with van der Waals surface area (Å²) < 4.78 is 32.5. The fourth-order valence-corrected chi connectivity index (χ4v) is 4.28. The second-order valence-corrected chi connectivity index (χ2v) is 9.16. The summed E-state index contributed by atoms with van der Waals surface area (Å²) in [5, 5.41) is 10.2. The molecule has 2 aliphatic heterocycles. The average molecular weight is 522 g/mol. The number of rotatable bonds is 10. The molecule has 5 rings (SSSR count). The van der Waals surface area contributed by atoms with Crippen molar-refractivity contribution in [2.45, 2.75) is 38.8 Å². The molecule has 11 nitrogen and oxygen atoms in total. The van der Waals surface area contributed by atoms with Gasteiger partial charge in [-0.1, -0.05) is 40.6 Å². The summed E-state index contributed by atoms with van der Waals surface area (Å²) in [6.07, 6.45) is 3.95. The van der Waals surface area contributed by atoms with Crippen LogP contribution in [0.4, 0.5) is 10.1 Å². The van der Waals surface area contributed by atoms with Crippen molar-refractivity contribution >= 4 is 23.8 Å². The van der Waals surface area contributed by atoms with Crippen molar-refractivity contribution < 1.29 is 33.0 Å². The van der Waals surface area contributed by atoms with E-state index in [1.807, 2.05) is 30.3 Å². The van der Waals surface area contributed by atoms with Gasteiger partial charge in [-0.3, -0.25) is 19.3 Å². The smallest absolute Gasteiger partial charge is 0.254 e. The molecular weight excluding hydrogens is 497 g/mol. The number of amides is 2. The third-order valence-corrected chi connectivity index (χ3v) is 5.93. The Bertz CT molecular complexity index is 1400. The second kappa shape index (κ2) is 9.96. The van der Waals surface area contributed by atoms with E-state index < -0.39 is 29.6 Å². The van der Waals surface area contributed by atoms with E-state index >= 15 is 0 Å². The van der Waals surface area contributed by atoms with Crippen LogP contribution in [0, 0.1) is 5.95 Å². The SMILES string of the molecule is CC1(C)Oc2cc(OCC(Cn3cc(F)nn3)N3C(=O)C=CC3=O)c(C=O)c(NCc3ccccc3)c2O1. The van der Waals surface area contributed by atoms with Gasteiger partial charge in [-0.15, -0.1) is 0 Å². The molecule has 3 aromatic rings. The second-order valence-electron chi connectivity index (χ2n) is 9.16. The molecule has 196 valence electrons. The molecule has 12 heteroatoms. The summed E-state index contributed by atoms with van der Waals surface area (Å²) in [6, 6.07) is 10.2. The predicted molar refractivity (Wildman–Crippen MR) is 131 cm³/mol. The van der Waals surface area contributed by atoms with Crippen LogP contribution in [-0.4, -0.2) is 56.4 Å². The number of benzene rings is 2. The number of carbonyl (C=O) groups excluding carboxylic acids is 3. The molecule has 0 saturated heterocycles. The minimum Gasteiger partial charge on any atom is -0.490 e. The predicted octanol–water partition coefficient (Wildman–Crippen LogP) is 2.72. The maximum absolute atomic E-state index is 13.4. The van der Waals surface area contributed by atoms with Gasteiger partial charge in [0.25, 0.3) is 17.8 Å². The Kier molecular flexibility index (Phi) is 6.53. The highest BCUT2D eigenvalue weighted by molar-refractivity contribution is 6.13. The Morgan fingerprint density at radius 2 is 1.89 bits per heavy atom. The van der Waals surface area contributed by atoms with Gasteiger partial charge < -0.3 is 19.5 Å². The average Bonchev–Trinajstić information content (AvgIpc) is 3.55. The van der Waals surface area contributed by atoms with Gasteiger partial charge in [-0.2, -0.15) is 4.39 Å².